The Bertz CT molecular complexity index is 121. The highest BCUT2D eigenvalue weighted by Crippen LogP contribution is 2.28. The van der Waals surface area contributed by atoms with E-state index in [1.807, 2.05) is 13.8 Å². The maximum absolute atomic E-state index is 8.91. The second-order valence-corrected chi connectivity index (χ2v) is 5.60. The summed E-state index contributed by atoms with van der Waals surface area (Å²) < 4.78 is 10.1. The second-order valence-electron chi connectivity index (χ2n) is 2.82. The molecular weight excluding hydrogens is 247 g/mol. The fourth-order valence-corrected chi connectivity index (χ4v) is 1.08. The SMILES string of the molecule is CC(C)(I)C1OCC(O)O1. The van der Waals surface area contributed by atoms with Gasteiger partial charge >= 0.3 is 0 Å². The van der Waals surface area contributed by atoms with Crippen molar-refractivity contribution in [3.8, 4) is 0 Å². The normalized spacial score (nSPS) is 34.8. The van der Waals surface area contributed by atoms with Gasteiger partial charge in [0.15, 0.2) is 12.6 Å². The molecule has 3 nitrogen and oxygen atoms in total. The van der Waals surface area contributed by atoms with Crippen molar-refractivity contribution in [2.45, 2.75) is 29.8 Å². The second kappa shape index (κ2) is 2.92. The van der Waals surface area contributed by atoms with Crippen LogP contribution in [0.4, 0.5) is 0 Å². The molecule has 1 aliphatic rings. The number of aliphatic hydroxyl groups excluding tert-OH is 1. The summed E-state index contributed by atoms with van der Waals surface area (Å²) in [6, 6.07) is 0. The largest absolute Gasteiger partial charge is 0.366 e. The first-order chi connectivity index (χ1) is 4.50. The van der Waals surface area contributed by atoms with Crippen molar-refractivity contribution in [1.82, 2.24) is 0 Å². The van der Waals surface area contributed by atoms with E-state index in [1.54, 1.807) is 0 Å². The van der Waals surface area contributed by atoms with Crippen LogP contribution < -0.4 is 0 Å². The van der Waals surface area contributed by atoms with Crippen molar-refractivity contribution in [3.05, 3.63) is 0 Å². The molecule has 1 rings (SSSR count). The van der Waals surface area contributed by atoms with Gasteiger partial charge in [0.2, 0.25) is 0 Å². The smallest absolute Gasteiger partial charge is 0.181 e. The highest BCUT2D eigenvalue weighted by atomic mass is 127. The lowest BCUT2D eigenvalue weighted by atomic mass is 10.2. The molecule has 1 fully saturated rings. The van der Waals surface area contributed by atoms with Gasteiger partial charge < -0.3 is 14.6 Å². The van der Waals surface area contributed by atoms with Crippen LogP contribution in [-0.2, 0) is 9.47 Å². The molecule has 0 radical (unpaired) electrons. The molecule has 1 N–H and O–H groups in total. The lowest BCUT2D eigenvalue weighted by Crippen LogP contribution is -2.30. The molecule has 4 heteroatoms. The lowest BCUT2D eigenvalue weighted by Gasteiger charge is -2.22. The molecule has 0 aliphatic carbocycles. The molecule has 0 amide bonds. The predicted octanol–water partition coefficient (Wildman–Crippen LogP) is 0.891. The molecular formula is C6H11IO3. The predicted molar refractivity (Wildman–Crippen MR) is 44.9 cm³/mol. The Labute approximate surface area is 73.8 Å². The van der Waals surface area contributed by atoms with Crippen molar-refractivity contribution < 1.29 is 14.6 Å². The van der Waals surface area contributed by atoms with E-state index in [1.165, 1.54) is 0 Å². The van der Waals surface area contributed by atoms with Gasteiger partial charge in [0.1, 0.15) is 6.61 Å². The zero-order chi connectivity index (χ0) is 7.78. The van der Waals surface area contributed by atoms with Crippen LogP contribution in [0.15, 0.2) is 0 Å². The van der Waals surface area contributed by atoms with E-state index >= 15 is 0 Å². The van der Waals surface area contributed by atoms with Gasteiger partial charge in [-0.2, -0.15) is 0 Å². The van der Waals surface area contributed by atoms with Crippen molar-refractivity contribution in [3.63, 3.8) is 0 Å². The van der Waals surface area contributed by atoms with Crippen LogP contribution in [-0.4, -0.2) is 27.7 Å². The Hall–Kier alpha value is 0.610. The molecule has 1 heterocycles. The molecule has 0 bridgehead atoms. The standard InChI is InChI=1S/C6H11IO3/c1-6(2,7)5-9-3-4(8)10-5/h4-5,8H,3H2,1-2H3. The van der Waals surface area contributed by atoms with Gasteiger partial charge in [0, 0.05) is 0 Å². The monoisotopic (exact) mass is 258 g/mol. The number of ether oxygens (including phenoxy) is 2. The van der Waals surface area contributed by atoms with Crippen LogP contribution in [0.2, 0.25) is 0 Å². The van der Waals surface area contributed by atoms with Gasteiger partial charge in [-0.1, -0.05) is 22.6 Å². The topological polar surface area (TPSA) is 38.7 Å². The minimum atomic E-state index is -0.737. The van der Waals surface area contributed by atoms with Gasteiger partial charge in [-0.15, -0.1) is 0 Å². The van der Waals surface area contributed by atoms with Crippen molar-refractivity contribution in [1.29, 1.82) is 0 Å². The third-order valence-electron chi connectivity index (χ3n) is 1.23. The Morgan fingerprint density at radius 1 is 1.60 bits per heavy atom. The van der Waals surface area contributed by atoms with E-state index < -0.39 is 6.29 Å². The molecule has 0 spiro atoms. The summed E-state index contributed by atoms with van der Waals surface area (Å²) in [5.74, 6) is 0. The molecule has 0 aromatic heterocycles. The van der Waals surface area contributed by atoms with E-state index in [9.17, 15) is 0 Å². The molecule has 60 valence electrons. The van der Waals surface area contributed by atoms with Gasteiger partial charge in [-0.05, 0) is 13.8 Å². The zero-order valence-corrected chi connectivity index (χ0v) is 8.16. The summed E-state index contributed by atoms with van der Waals surface area (Å²) in [5, 5.41) is 8.91. The fraction of sp³-hybridized carbons (Fsp3) is 1.00. The number of rotatable bonds is 1. The summed E-state index contributed by atoms with van der Waals surface area (Å²) in [6.07, 6.45) is -1.01. The average Bonchev–Trinajstić information content (AvgIpc) is 2.11. The first-order valence-electron chi connectivity index (χ1n) is 3.14. The van der Waals surface area contributed by atoms with Gasteiger partial charge in [-0.3, -0.25) is 0 Å². The minimum absolute atomic E-state index is 0.0742. The van der Waals surface area contributed by atoms with Crippen LogP contribution >= 0.6 is 22.6 Å². The molecule has 10 heavy (non-hydrogen) atoms. The zero-order valence-electron chi connectivity index (χ0n) is 6.00. The van der Waals surface area contributed by atoms with Crippen LogP contribution in [0, 0.1) is 0 Å². The number of hydrogen-bond donors (Lipinski definition) is 1. The first-order valence-corrected chi connectivity index (χ1v) is 4.22. The number of hydrogen-bond acceptors (Lipinski definition) is 3. The third kappa shape index (κ3) is 2.05. The van der Waals surface area contributed by atoms with Crippen molar-refractivity contribution in [2.24, 2.45) is 0 Å². The number of alkyl halides is 1. The highest BCUT2D eigenvalue weighted by molar-refractivity contribution is 14.1. The number of halogens is 1. The maximum atomic E-state index is 8.91. The molecule has 0 aromatic carbocycles. The Kier molecular flexibility index (Phi) is 2.54. The fourth-order valence-electron chi connectivity index (χ4n) is 0.751. The molecule has 1 saturated heterocycles. The lowest BCUT2D eigenvalue weighted by molar-refractivity contribution is -0.122. The van der Waals surface area contributed by atoms with Crippen molar-refractivity contribution >= 4 is 22.6 Å². The maximum Gasteiger partial charge on any atom is 0.181 e. The summed E-state index contributed by atoms with van der Waals surface area (Å²) in [6.45, 7) is 4.28. The van der Waals surface area contributed by atoms with E-state index in [4.69, 9.17) is 14.6 Å². The van der Waals surface area contributed by atoms with E-state index in [-0.39, 0.29) is 16.3 Å². The Morgan fingerprint density at radius 2 is 2.20 bits per heavy atom. The van der Waals surface area contributed by atoms with Crippen LogP contribution in [0.5, 0.6) is 0 Å². The third-order valence-corrected chi connectivity index (χ3v) is 1.74. The highest BCUT2D eigenvalue weighted by Gasteiger charge is 2.35. The van der Waals surface area contributed by atoms with E-state index in [0.29, 0.717) is 0 Å². The van der Waals surface area contributed by atoms with E-state index in [0.717, 1.165) is 0 Å². The quantitative estimate of drug-likeness (QED) is 0.560. The Morgan fingerprint density at radius 3 is 2.40 bits per heavy atom. The molecule has 1 aliphatic heterocycles. The van der Waals surface area contributed by atoms with Crippen LogP contribution in [0.3, 0.4) is 0 Å². The first kappa shape index (κ1) is 8.70. The summed E-state index contributed by atoms with van der Waals surface area (Å²) in [5.41, 5.74) is 0. The minimum Gasteiger partial charge on any atom is -0.366 e. The van der Waals surface area contributed by atoms with Gasteiger partial charge in [-0.25, -0.2) is 0 Å². The Balaban J connectivity index is 2.45. The molecule has 0 aromatic rings. The molecule has 2 unspecified atom stereocenters. The molecule has 0 saturated carbocycles. The van der Waals surface area contributed by atoms with Gasteiger partial charge in [0.25, 0.3) is 0 Å². The van der Waals surface area contributed by atoms with Crippen LogP contribution in [0.1, 0.15) is 13.8 Å². The van der Waals surface area contributed by atoms with Crippen LogP contribution in [0.25, 0.3) is 0 Å². The summed E-state index contributed by atoms with van der Waals surface area (Å²) in [7, 11) is 0. The number of aliphatic hydroxyl groups is 1. The summed E-state index contributed by atoms with van der Waals surface area (Å²) >= 11 is 2.23. The molecule has 2 atom stereocenters. The average molecular weight is 258 g/mol. The van der Waals surface area contributed by atoms with Crippen molar-refractivity contribution in [2.75, 3.05) is 6.61 Å². The summed E-state index contributed by atoms with van der Waals surface area (Å²) in [4.78, 5) is 0. The van der Waals surface area contributed by atoms with Gasteiger partial charge in [0.05, 0.1) is 3.42 Å². The van der Waals surface area contributed by atoms with E-state index in [2.05, 4.69) is 22.6 Å².